The van der Waals surface area contributed by atoms with Crippen LogP contribution in [0.15, 0.2) is 85.5 Å². The number of nitrogens with one attached hydrogen (secondary N) is 1. The summed E-state index contributed by atoms with van der Waals surface area (Å²) in [7, 11) is 0. The Bertz CT molecular complexity index is 1050. The molecule has 0 bridgehead atoms. The number of nitrogens with zero attached hydrogens (tertiary/aromatic N) is 3. The van der Waals surface area contributed by atoms with Gasteiger partial charge in [0.1, 0.15) is 0 Å². The lowest BCUT2D eigenvalue weighted by Crippen LogP contribution is -2.23. The average Bonchev–Trinajstić information content (AvgIpc) is 3.42. The Kier molecular flexibility index (Phi) is 5.06. The molecule has 2 heterocycles. The number of rotatable bonds is 6. The molecular formula is C23H22N4O. The van der Waals surface area contributed by atoms with Gasteiger partial charge >= 0.3 is 0 Å². The number of amides is 1. The fourth-order valence-electron chi connectivity index (χ4n) is 3.15. The van der Waals surface area contributed by atoms with E-state index in [-0.39, 0.29) is 5.91 Å². The third kappa shape index (κ3) is 4.04. The van der Waals surface area contributed by atoms with Crippen LogP contribution < -0.4 is 5.32 Å². The molecule has 5 nitrogen and oxygen atoms in total. The van der Waals surface area contributed by atoms with Crippen LogP contribution >= 0.6 is 0 Å². The first-order chi connectivity index (χ1) is 13.7. The number of carbonyl (C=O) groups excluding carboxylic acids is 1. The van der Waals surface area contributed by atoms with Crippen molar-refractivity contribution < 1.29 is 4.79 Å². The van der Waals surface area contributed by atoms with Crippen molar-refractivity contribution in [2.24, 2.45) is 0 Å². The van der Waals surface area contributed by atoms with Gasteiger partial charge in [-0.1, -0.05) is 30.3 Å². The summed E-state index contributed by atoms with van der Waals surface area (Å²) in [5.74, 6) is -0.0750. The Morgan fingerprint density at radius 2 is 1.71 bits per heavy atom. The molecule has 5 heteroatoms. The molecule has 1 amide bonds. The van der Waals surface area contributed by atoms with Crippen molar-refractivity contribution in [3.05, 3.63) is 108 Å². The van der Waals surface area contributed by atoms with E-state index in [1.807, 2.05) is 83.3 Å². The molecular weight excluding hydrogens is 348 g/mol. The highest BCUT2D eigenvalue weighted by Crippen LogP contribution is 2.16. The molecule has 0 aliphatic carbocycles. The van der Waals surface area contributed by atoms with Gasteiger partial charge in [-0.15, -0.1) is 0 Å². The number of aromatic nitrogens is 3. The van der Waals surface area contributed by atoms with Gasteiger partial charge in [-0.05, 0) is 53.9 Å². The summed E-state index contributed by atoms with van der Waals surface area (Å²) in [5, 5.41) is 7.22. The summed E-state index contributed by atoms with van der Waals surface area (Å²) in [4.78, 5) is 12.6. The standard InChI is InChI=1S/C23H22N4O/c1-18-5-10-21(15-22(18)26-12-2-3-13-26)23(28)24-16-19-6-8-20(9-7-19)17-27-14-4-11-25-27/h2-15H,16-17H2,1H3,(H,24,28). The van der Waals surface area contributed by atoms with E-state index in [4.69, 9.17) is 0 Å². The minimum atomic E-state index is -0.0750. The summed E-state index contributed by atoms with van der Waals surface area (Å²) in [6, 6.07) is 19.9. The monoisotopic (exact) mass is 370 g/mol. The van der Waals surface area contributed by atoms with Crippen LogP contribution in [0.4, 0.5) is 0 Å². The van der Waals surface area contributed by atoms with Gasteiger partial charge in [0.25, 0.3) is 5.91 Å². The molecule has 0 saturated carbocycles. The molecule has 28 heavy (non-hydrogen) atoms. The molecule has 0 radical (unpaired) electrons. The first-order valence-electron chi connectivity index (χ1n) is 9.26. The van der Waals surface area contributed by atoms with Gasteiger partial charge in [0.05, 0.1) is 6.54 Å². The maximum Gasteiger partial charge on any atom is 0.251 e. The molecule has 0 fully saturated rings. The zero-order valence-electron chi connectivity index (χ0n) is 15.7. The fourth-order valence-corrected chi connectivity index (χ4v) is 3.15. The largest absolute Gasteiger partial charge is 0.348 e. The fraction of sp³-hybridized carbons (Fsp3) is 0.130. The number of hydrogen-bond donors (Lipinski definition) is 1. The van der Waals surface area contributed by atoms with Gasteiger partial charge < -0.3 is 9.88 Å². The molecule has 0 spiro atoms. The van der Waals surface area contributed by atoms with Crippen LogP contribution in [0.5, 0.6) is 0 Å². The second-order valence-electron chi connectivity index (χ2n) is 6.79. The van der Waals surface area contributed by atoms with Crippen molar-refractivity contribution in [1.82, 2.24) is 19.7 Å². The second kappa shape index (κ2) is 7.96. The lowest BCUT2D eigenvalue weighted by Gasteiger charge is -2.11. The molecule has 1 N–H and O–H groups in total. The number of aryl methyl sites for hydroxylation is 1. The molecule has 2 aromatic carbocycles. The van der Waals surface area contributed by atoms with E-state index < -0.39 is 0 Å². The molecule has 0 saturated heterocycles. The van der Waals surface area contributed by atoms with Crippen LogP contribution in [-0.4, -0.2) is 20.3 Å². The van der Waals surface area contributed by atoms with E-state index in [0.29, 0.717) is 12.1 Å². The normalized spacial score (nSPS) is 10.8. The summed E-state index contributed by atoms with van der Waals surface area (Å²) < 4.78 is 3.90. The van der Waals surface area contributed by atoms with Crippen molar-refractivity contribution >= 4 is 5.91 Å². The first kappa shape index (κ1) is 17.8. The van der Waals surface area contributed by atoms with E-state index in [1.165, 1.54) is 5.56 Å². The lowest BCUT2D eigenvalue weighted by atomic mass is 10.1. The van der Waals surface area contributed by atoms with Crippen molar-refractivity contribution in [3.8, 4) is 5.69 Å². The average molecular weight is 370 g/mol. The third-order valence-electron chi connectivity index (χ3n) is 4.73. The molecule has 2 aromatic heterocycles. The number of hydrogen-bond acceptors (Lipinski definition) is 2. The van der Waals surface area contributed by atoms with Gasteiger partial charge in [-0.2, -0.15) is 5.10 Å². The number of benzene rings is 2. The van der Waals surface area contributed by atoms with E-state index in [1.54, 1.807) is 6.20 Å². The summed E-state index contributed by atoms with van der Waals surface area (Å²) in [6.45, 7) is 3.28. The van der Waals surface area contributed by atoms with Gasteiger partial charge in [-0.3, -0.25) is 9.48 Å². The van der Waals surface area contributed by atoms with Gasteiger partial charge in [-0.25, -0.2) is 0 Å². The topological polar surface area (TPSA) is 51.9 Å². The molecule has 0 aliphatic rings. The van der Waals surface area contributed by atoms with Crippen LogP contribution in [0.3, 0.4) is 0 Å². The maximum absolute atomic E-state index is 12.6. The smallest absolute Gasteiger partial charge is 0.251 e. The van der Waals surface area contributed by atoms with Crippen LogP contribution in [0.25, 0.3) is 5.69 Å². The van der Waals surface area contributed by atoms with Crippen molar-refractivity contribution in [1.29, 1.82) is 0 Å². The Morgan fingerprint density at radius 3 is 2.43 bits per heavy atom. The molecule has 0 atom stereocenters. The third-order valence-corrected chi connectivity index (χ3v) is 4.73. The van der Waals surface area contributed by atoms with E-state index in [9.17, 15) is 4.79 Å². The van der Waals surface area contributed by atoms with Crippen molar-refractivity contribution in [3.63, 3.8) is 0 Å². The van der Waals surface area contributed by atoms with Crippen LogP contribution in [-0.2, 0) is 13.1 Å². The summed E-state index contributed by atoms with van der Waals surface area (Å²) >= 11 is 0. The minimum absolute atomic E-state index is 0.0750. The number of carbonyl (C=O) groups is 1. The molecule has 4 aromatic rings. The summed E-state index contributed by atoms with van der Waals surface area (Å²) in [5.41, 5.74) is 5.04. The predicted octanol–water partition coefficient (Wildman–Crippen LogP) is 3.96. The minimum Gasteiger partial charge on any atom is -0.348 e. The van der Waals surface area contributed by atoms with Crippen LogP contribution in [0, 0.1) is 6.92 Å². The van der Waals surface area contributed by atoms with E-state index in [2.05, 4.69) is 22.5 Å². The highest BCUT2D eigenvalue weighted by molar-refractivity contribution is 5.94. The Labute approximate surface area is 164 Å². The van der Waals surface area contributed by atoms with Crippen molar-refractivity contribution in [2.75, 3.05) is 0 Å². The van der Waals surface area contributed by atoms with E-state index in [0.717, 1.165) is 23.4 Å². The molecule has 0 unspecified atom stereocenters. The van der Waals surface area contributed by atoms with Gasteiger partial charge in [0, 0.05) is 42.6 Å². The second-order valence-corrected chi connectivity index (χ2v) is 6.79. The predicted molar refractivity (Wildman–Crippen MR) is 109 cm³/mol. The highest BCUT2D eigenvalue weighted by Gasteiger charge is 2.09. The van der Waals surface area contributed by atoms with Crippen LogP contribution in [0.1, 0.15) is 27.0 Å². The summed E-state index contributed by atoms with van der Waals surface area (Å²) in [6.07, 6.45) is 7.68. The SMILES string of the molecule is Cc1ccc(C(=O)NCc2ccc(Cn3cccn3)cc2)cc1-n1cccc1. The van der Waals surface area contributed by atoms with Crippen LogP contribution in [0.2, 0.25) is 0 Å². The van der Waals surface area contributed by atoms with E-state index >= 15 is 0 Å². The lowest BCUT2D eigenvalue weighted by molar-refractivity contribution is 0.0951. The quantitative estimate of drug-likeness (QED) is 0.558. The Hall–Kier alpha value is -3.60. The first-order valence-corrected chi connectivity index (χ1v) is 9.26. The zero-order valence-corrected chi connectivity index (χ0v) is 15.7. The van der Waals surface area contributed by atoms with Crippen molar-refractivity contribution in [2.45, 2.75) is 20.0 Å². The van der Waals surface area contributed by atoms with Gasteiger partial charge in [0.2, 0.25) is 0 Å². The van der Waals surface area contributed by atoms with Gasteiger partial charge in [0.15, 0.2) is 0 Å². The Balaban J connectivity index is 1.40. The maximum atomic E-state index is 12.6. The molecule has 4 rings (SSSR count). The Morgan fingerprint density at radius 1 is 0.964 bits per heavy atom. The zero-order chi connectivity index (χ0) is 19.3. The highest BCUT2D eigenvalue weighted by atomic mass is 16.1. The molecule has 0 aliphatic heterocycles. The molecule has 140 valence electrons.